The van der Waals surface area contributed by atoms with Crippen LogP contribution in [0.1, 0.15) is 200 Å². The van der Waals surface area contributed by atoms with Crippen molar-refractivity contribution >= 4 is 5.91 Å². The summed E-state index contributed by atoms with van der Waals surface area (Å²) in [7, 11) is 0. The summed E-state index contributed by atoms with van der Waals surface area (Å²) in [4.78, 5) is 12.4. The number of carbonyl (C=O) groups is 1. The van der Waals surface area contributed by atoms with E-state index in [1.807, 2.05) is 6.08 Å². The highest BCUT2D eigenvalue weighted by Crippen LogP contribution is 2.14. The highest BCUT2D eigenvalue weighted by Gasteiger charge is 2.17. The van der Waals surface area contributed by atoms with Crippen molar-refractivity contribution in [2.75, 3.05) is 6.61 Å². The molecular formula is C59H95NO3. The Hall–Kier alpha value is -3.73. The van der Waals surface area contributed by atoms with E-state index in [2.05, 4.69) is 153 Å². The van der Waals surface area contributed by atoms with E-state index in [1.165, 1.54) is 77.0 Å². The number of rotatable bonds is 44. The maximum atomic E-state index is 12.4. The second kappa shape index (κ2) is 52.6. The zero-order valence-corrected chi connectivity index (χ0v) is 40.5. The van der Waals surface area contributed by atoms with Crippen LogP contribution < -0.4 is 5.32 Å². The van der Waals surface area contributed by atoms with Crippen LogP contribution in [0.25, 0.3) is 0 Å². The molecule has 0 aromatic carbocycles. The van der Waals surface area contributed by atoms with Crippen molar-refractivity contribution < 1.29 is 15.0 Å². The average Bonchev–Trinajstić information content (AvgIpc) is 3.29. The van der Waals surface area contributed by atoms with Gasteiger partial charge in [0.05, 0.1) is 18.8 Å². The molecule has 0 aromatic rings. The Balaban J connectivity index is 3.58. The minimum absolute atomic E-state index is 0.0887. The first kappa shape index (κ1) is 59.3. The Labute approximate surface area is 389 Å². The van der Waals surface area contributed by atoms with Gasteiger partial charge in [-0.05, 0) is 109 Å². The molecule has 2 unspecified atom stereocenters. The van der Waals surface area contributed by atoms with E-state index >= 15 is 0 Å². The fraction of sp³-hybridized carbons (Fsp3) is 0.576. The summed E-state index contributed by atoms with van der Waals surface area (Å²) in [5, 5.41) is 22.9. The topological polar surface area (TPSA) is 69.6 Å². The van der Waals surface area contributed by atoms with Crippen LogP contribution in [0.4, 0.5) is 0 Å². The van der Waals surface area contributed by atoms with Gasteiger partial charge in [-0.15, -0.1) is 0 Å². The summed E-state index contributed by atoms with van der Waals surface area (Å²) < 4.78 is 0. The van der Waals surface area contributed by atoms with Crippen molar-refractivity contribution in [3.63, 3.8) is 0 Å². The fourth-order valence-corrected chi connectivity index (χ4v) is 6.74. The summed E-state index contributed by atoms with van der Waals surface area (Å²) in [6.45, 7) is 4.04. The molecule has 4 nitrogen and oxygen atoms in total. The first-order valence-corrected chi connectivity index (χ1v) is 25.5. The lowest BCUT2D eigenvalue weighted by Crippen LogP contribution is -2.45. The van der Waals surface area contributed by atoms with Crippen LogP contribution in [0.5, 0.6) is 0 Å². The maximum Gasteiger partial charge on any atom is 0.220 e. The number of unbranched alkanes of at least 4 members (excludes halogenated alkanes) is 15. The van der Waals surface area contributed by atoms with E-state index in [0.29, 0.717) is 6.42 Å². The molecule has 0 aromatic heterocycles. The summed E-state index contributed by atoms with van der Waals surface area (Å²) in [5.41, 5.74) is 0. The van der Waals surface area contributed by atoms with Gasteiger partial charge in [-0.3, -0.25) is 4.79 Å². The maximum absolute atomic E-state index is 12.4. The van der Waals surface area contributed by atoms with Gasteiger partial charge < -0.3 is 15.5 Å². The number of aliphatic hydroxyl groups is 2. The Kier molecular flexibility index (Phi) is 49.5. The number of amides is 1. The molecule has 354 valence electrons. The first-order valence-electron chi connectivity index (χ1n) is 25.5. The van der Waals surface area contributed by atoms with Gasteiger partial charge in [-0.2, -0.15) is 0 Å². The zero-order valence-electron chi connectivity index (χ0n) is 40.5. The van der Waals surface area contributed by atoms with E-state index < -0.39 is 12.1 Å². The Morgan fingerprint density at radius 1 is 0.381 bits per heavy atom. The van der Waals surface area contributed by atoms with E-state index in [-0.39, 0.29) is 12.5 Å². The summed E-state index contributed by atoms with van der Waals surface area (Å²) in [6.07, 6.45) is 84.3. The Bertz CT molecular complexity index is 1350. The monoisotopic (exact) mass is 866 g/mol. The predicted octanol–water partition coefficient (Wildman–Crippen LogP) is 16.9. The molecule has 3 N–H and O–H groups in total. The molecule has 0 aliphatic heterocycles. The molecule has 0 heterocycles. The third kappa shape index (κ3) is 49.1. The molecule has 0 spiro atoms. The molecule has 0 saturated carbocycles. The van der Waals surface area contributed by atoms with Crippen molar-refractivity contribution in [3.05, 3.63) is 146 Å². The average molecular weight is 866 g/mol. The molecule has 63 heavy (non-hydrogen) atoms. The second-order valence-electron chi connectivity index (χ2n) is 16.5. The molecule has 0 radical (unpaired) electrons. The van der Waals surface area contributed by atoms with Crippen LogP contribution in [0.3, 0.4) is 0 Å². The van der Waals surface area contributed by atoms with Crippen LogP contribution in [0, 0.1) is 0 Å². The van der Waals surface area contributed by atoms with Crippen molar-refractivity contribution in [2.24, 2.45) is 0 Å². The largest absolute Gasteiger partial charge is 0.394 e. The summed E-state index contributed by atoms with van der Waals surface area (Å²) >= 11 is 0. The van der Waals surface area contributed by atoms with Gasteiger partial charge in [0.1, 0.15) is 0 Å². The van der Waals surface area contributed by atoms with Gasteiger partial charge >= 0.3 is 0 Å². The standard InChI is InChI=1S/C59H95NO3/c1-3-5-7-9-11-13-15-16-17-18-19-20-21-22-23-24-25-26-27-28-29-30-31-32-33-34-35-36-37-38-39-40-41-42-43-44-45-47-49-51-53-55-59(63)60-57(56-61)58(62)54-52-50-48-46-14-12-10-8-6-4-2/h5-8,11,13-14,16-17,19-20,22-23,25-26,28-29,31-32,34-35,46,52,54,57-58,61-62H,3-4,9-10,12,15,18,21,24,27,30,33,36-45,47-51,53,55-56H2,1-2H3,(H,60,63)/b7-5-,8-6+,13-11-,17-16-,20-19-,23-22-,26-25-,29-28-,32-31-,35-34-,46-14+,54-52+. The van der Waals surface area contributed by atoms with Crippen molar-refractivity contribution in [2.45, 2.75) is 212 Å². The lowest BCUT2D eigenvalue weighted by molar-refractivity contribution is -0.123. The molecule has 2 atom stereocenters. The van der Waals surface area contributed by atoms with Gasteiger partial charge in [0.2, 0.25) is 5.91 Å². The molecule has 4 heteroatoms. The van der Waals surface area contributed by atoms with Crippen LogP contribution in [0.15, 0.2) is 146 Å². The van der Waals surface area contributed by atoms with E-state index in [1.54, 1.807) is 6.08 Å². The number of hydrogen-bond donors (Lipinski definition) is 3. The third-order valence-corrected chi connectivity index (χ3v) is 10.5. The smallest absolute Gasteiger partial charge is 0.220 e. The Morgan fingerprint density at radius 3 is 1.05 bits per heavy atom. The van der Waals surface area contributed by atoms with Crippen LogP contribution in [-0.2, 0) is 4.79 Å². The van der Waals surface area contributed by atoms with Gasteiger partial charge in [0.15, 0.2) is 0 Å². The van der Waals surface area contributed by atoms with Gasteiger partial charge in [-0.1, -0.05) is 230 Å². The SMILES string of the molecule is CC/C=C\C/C=C\C/C=C\C/C=C\C/C=C\C/C=C\C/C=C\C/C=C\C/C=C\CCCCCCCCCCCCCCCC(=O)NC(CO)C(O)/C=C/CC/C=C/CC/C=C/CC. The minimum atomic E-state index is -0.876. The normalized spacial score (nSPS) is 14.2. The minimum Gasteiger partial charge on any atom is -0.394 e. The van der Waals surface area contributed by atoms with Crippen molar-refractivity contribution in [1.82, 2.24) is 5.32 Å². The molecule has 0 saturated heterocycles. The molecule has 0 aliphatic rings. The number of nitrogens with one attached hydrogen (secondary N) is 1. The summed E-state index contributed by atoms with van der Waals surface area (Å²) in [6, 6.07) is -0.653. The highest BCUT2D eigenvalue weighted by atomic mass is 16.3. The van der Waals surface area contributed by atoms with Crippen LogP contribution in [0.2, 0.25) is 0 Å². The van der Waals surface area contributed by atoms with E-state index in [4.69, 9.17) is 0 Å². The molecule has 1 amide bonds. The van der Waals surface area contributed by atoms with E-state index in [9.17, 15) is 15.0 Å². The van der Waals surface area contributed by atoms with Gasteiger partial charge in [0, 0.05) is 6.42 Å². The zero-order chi connectivity index (χ0) is 45.6. The highest BCUT2D eigenvalue weighted by molar-refractivity contribution is 5.76. The first-order chi connectivity index (χ1) is 31.2. The van der Waals surface area contributed by atoms with Crippen LogP contribution >= 0.6 is 0 Å². The molecule has 0 bridgehead atoms. The quantitative estimate of drug-likeness (QED) is 0.0422. The van der Waals surface area contributed by atoms with Gasteiger partial charge in [-0.25, -0.2) is 0 Å². The molecule has 0 aliphatic carbocycles. The number of allylic oxidation sites excluding steroid dienone is 23. The Morgan fingerprint density at radius 2 is 0.667 bits per heavy atom. The molecular weight excluding hydrogens is 771 g/mol. The number of aliphatic hydroxyl groups excluding tert-OH is 2. The van der Waals surface area contributed by atoms with Crippen LogP contribution in [-0.4, -0.2) is 34.9 Å². The van der Waals surface area contributed by atoms with Crippen molar-refractivity contribution in [1.29, 1.82) is 0 Å². The second-order valence-corrected chi connectivity index (χ2v) is 16.5. The lowest BCUT2D eigenvalue weighted by atomic mass is 10.0. The van der Waals surface area contributed by atoms with Crippen molar-refractivity contribution in [3.8, 4) is 0 Å². The number of hydrogen-bond acceptors (Lipinski definition) is 3. The summed E-state index contributed by atoms with van der Waals surface area (Å²) in [5.74, 6) is -0.0887. The molecule has 0 rings (SSSR count). The van der Waals surface area contributed by atoms with E-state index in [0.717, 1.165) is 103 Å². The van der Waals surface area contributed by atoms with Gasteiger partial charge in [0.25, 0.3) is 0 Å². The predicted molar refractivity (Wildman–Crippen MR) is 280 cm³/mol. The molecule has 0 fully saturated rings. The number of carbonyl (C=O) groups excluding carboxylic acids is 1. The lowest BCUT2D eigenvalue weighted by Gasteiger charge is -2.19. The fourth-order valence-electron chi connectivity index (χ4n) is 6.74. The third-order valence-electron chi connectivity index (χ3n) is 10.5.